The van der Waals surface area contributed by atoms with E-state index >= 15 is 0 Å². The second-order valence-corrected chi connectivity index (χ2v) is 4.87. The molecule has 5 nitrogen and oxygen atoms in total. The van der Waals surface area contributed by atoms with E-state index in [1.807, 2.05) is 47.0 Å². The smallest absolute Gasteiger partial charge is 0.382 e. The Kier molecular flexibility index (Phi) is 6.09. The van der Waals surface area contributed by atoms with E-state index in [0.29, 0.717) is 11.3 Å². The van der Waals surface area contributed by atoms with Gasteiger partial charge in [0.15, 0.2) is 11.5 Å². The Balaban J connectivity index is 0.000000276. The number of nitrogens with zero attached hydrogens (tertiary/aromatic N) is 4. The fourth-order valence-corrected chi connectivity index (χ4v) is 2.21. The second-order valence-electron chi connectivity index (χ2n) is 4.87. The van der Waals surface area contributed by atoms with Crippen LogP contribution >= 0.6 is 0 Å². The Morgan fingerprint density at radius 3 is 2.52 bits per heavy atom. The topological polar surface area (TPSA) is 69.6 Å². The number of aromatic nitrogens is 4. The number of fused-ring (bicyclic) bond motifs is 1. The van der Waals surface area contributed by atoms with E-state index in [1.165, 1.54) is 11.9 Å². The van der Waals surface area contributed by atoms with Gasteiger partial charge in [-0.15, -0.1) is 0 Å². The van der Waals surface area contributed by atoms with Crippen molar-refractivity contribution in [1.29, 1.82) is 0 Å². The summed E-state index contributed by atoms with van der Waals surface area (Å²) in [6, 6.07) is 18.3. The summed E-state index contributed by atoms with van der Waals surface area (Å²) < 4.78 is 2.00. The maximum absolute atomic E-state index is 5.73. The summed E-state index contributed by atoms with van der Waals surface area (Å²) in [6.07, 6.45) is 4.19. The SMILES string of the molecule is Nc1ncnc2c1ncn2CCc1ccc[cH-]1.[Fe+2].c1cc[cH-]c1. The summed E-state index contributed by atoms with van der Waals surface area (Å²) in [5, 5.41) is 0. The van der Waals surface area contributed by atoms with Crippen LogP contribution in [0, 0.1) is 0 Å². The van der Waals surface area contributed by atoms with Gasteiger partial charge in [-0.05, 0) is 6.42 Å². The summed E-state index contributed by atoms with van der Waals surface area (Å²) in [4.78, 5) is 12.4. The van der Waals surface area contributed by atoms with E-state index in [4.69, 9.17) is 5.73 Å². The van der Waals surface area contributed by atoms with Crippen LogP contribution in [-0.2, 0) is 30.0 Å². The Labute approximate surface area is 145 Å². The van der Waals surface area contributed by atoms with Crippen molar-refractivity contribution >= 4 is 17.0 Å². The quantitative estimate of drug-likeness (QED) is 0.457. The zero-order valence-electron chi connectivity index (χ0n) is 12.5. The zero-order valence-corrected chi connectivity index (χ0v) is 13.6. The molecule has 23 heavy (non-hydrogen) atoms. The minimum absolute atomic E-state index is 0. The van der Waals surface area contributed by atoms with Gasteiger partial charge in [-0.25, -0.2) is 39.2 Å². The third-order valence-electron chi connectivity index (χ3n) is 3.36. The molecule has 0 saturated carbocycles. The number of nitrogen functional groups attached to an aromatic ring is 1. The second kappa shape index (κ2) is 8.27. The number of hydrogen-bond donors (Lipinski definition) is 1. The van der Waals surface area contributed by atoms with Crippen molar-refractivity contribution in [2.45, 2.75) is 13.0 Å². The molecule has 0 fully saturated rings. The molecule has 4 aromatic rings. The molecule has 4 rings (SSSR count). The molecule has 0 aliphatic rings. The molecule has 0 aliphatic heterocycles. The van der Waals surface area contributed by atoms with Crippen molar-refractivity contribution in [2.24, 2.45) is 0 Å². The molecule has 0 unspecified atom stereocenters. The third-order valence-corrected chi connectivity index (χ3v) is 3.36. The fourth-order valence-electron chi connectivity index (χ4n) is 2.21. The van der Waals surface area contributed by atoms with Crippen LogP contribution in [0.4, 0.5) is 5.82 Å². The fraction of sp³-hybridized carbons (Fsp3) is 0.118. The van der Waals surface area contributed by atoms with Gasteiger partial charge in [-0.1, -0.05) is 0 Å². The molecule has 0 spiro atoms. The number of anilines is 1. The maximum Gasteiger partial charge on any atom is 2.00 e. The van der Waals surface area contributed by atoms with Gasteiger partial charge in [-0.2, -0.15) is 35.9 Å². The number of aryl methyl sites for hydroxylation is 2. The molecular weight excluding hydrogens is 330 g/mol. The van der Waals surface area contributed by atoms with Gasteiger partial charge in [0.05, 0.1) is 6.33 Å². The largest absolute Gasteiger partial charge is 2.00 e. The van der Waals surface area contributed by atoms with E-state index in [9.17, 15) is 0 Å². The molecule has 0 amide bonds. The average Bonchev–Trinajstić information content (AvgIpc) is 3.29. The van der Waals surface area contributed by atoms with Crippen LogP contribution in [-0.4, -0.2) is 19.5 Å². The molecule has 2 N–H and O–H groups in total. The van der Waals surface area contributed by atoms with Crippen molar-refractivity contribution < 1.29 is 17.1 Å². The molecular formula is C17H17FeN5. The van der Waals surface area contributed by atoms with Gasteiger partial charge in [0.2, 0.25) is 0 Å². The standard InChI is InChI=1S/C12H12N5.C5H5.Fe/c13-11-10-12(15-7-14-11)17(8-16-10)6-5-9-3-1-2-4-9;1-2-4-5-3-1;/h1-4,7-8H,5-6H2,(H2,13,14,15);1-5H;/q2*-1;+2. The molecule has 118 valence electrons. The van der Waals surface area contributed by atoms with Crippen LogP contribution in [0.25, 0.3) is 11.2 Å². The maximum atomic E-state index is 5.73. The van der Waals surface area contributed by atoms with Crippen LogP contribution < -0.4 is 5.73 Å². The van der Waals surface area contributed by atoms with Gasteiger partial charge in [0.25, 0.3) is 0 Å². The minimum atomic E-state index is 0. The summed E-state index contributed by atoms with van der Waals surface area (Å²) in [7, 11) is 0. The normalized spacial score (nSPS) is 9.91. The summed E-state index contributed by atoms with van der Waals surface area (Å²) >= 11 is 0. The average molecular weight is 347 g/mol. The van der Waals surface area contributed by atoms with Crippen LogP contribution in [0.1, 0.15) is 5.56 Å². The van der Waals surface area contributed by atoms with Crippen molar-refractivity contribution in [3.63, 3.8) is 0 Å². The van der Waals surface area contributed by atoms with Crippen LogP contribution in [0.2, 0.25) is 0 Å². The summed E-state index contributed by atoms with van der Waals surface area (Å²) in [5.74, 6) is 0.432. The predicted octanol–water partition coefficient (Wildman–Crippen LogP) is 2.77. The van der Waals surface area contributed by atoms with Gasteiger partial charge in [0, 0.05) is 6.54 Å². The van der Waals surface area contributed by atoms with Crippen LogP contribution in [0.15, 0.2) is 67.3 Å². The van der Waals surface area contributed by atoms with Gasteiger partial charge >= 0.3 is 17.1 Å². The van der Waals surface area contributed by atoms with Crippen molar-refractivity contribution in [3.05, 3.63) is 72.8 Å². The minimum Gasteiger partial charge on any atom is -0.382 e. The predicted molar refractivity (Wildman–Crippen MR) is 87.5 cm³/mol. The number of rotatable bonds is 3. The molecule has 0 bridgehead atoms. The summed E-state index contributed by atoms with van der Waals surface area (Å²) in [6.45, 7) is 0.844. The molecule has 2 heterocycles. The van der Waals surface area contributed by atoms with Gasteiger partial charge in [0.1, 0.15) is 11.8 Å². The third kappa shape index (κ3) is 4.28. The van der Waals surface area contributed by atoms with Crippen LogP contribution in [0.3, 0.4) is 0 Å². The Morgan fingerprint density at radius 2 is 1.87 bits per heavy atom. The van der Waals surface area contributed by atoms with E-state index < -0.39 is 0 Å². The van der Waals surface area contributed by atoms with Gasteiger partial charge in [-0.3, -0.25) is 0 Å². The first-order valence-corrected chi connectivity index (χ1v) is 7.13. The monoisotopic (exact) mass is 347 g/mol. The zero-order chi connectivity index (χ0) is 15.2. The van der Waals surface area contributed by atoms with E-state index in [0.717, 1.165) is 18.6 Å². The Bertz CT molecular complexity index is 786. The van der Waals surface area contributed by atoms with Crippen molar-refractivity contribution in [2.75, 3.05) is 5.73 Å². The molecule has 6 heteroatoms. The van der Waals surface area contributed by atoms with Crippen molar-refractivity contribution in [1.82, 2.24) is 19.5 Å². The summed E-state index contributed by atoms with van der Waals surface area (Å²) in [5.41, 5.74) is 8.52. The Morgan fingerprint density at radius 1 is 1.04 bits per heavy atom. The molecule has 0 atom stereocenters. The number of nitrogens with two attached hydrogens (primary N) is 1. The van der Waals surface area contributed by atoms with Crippen LogP contribution in [0.5, 0.6) is 0 Å². The molecule has 0 aliphatic carbocycles. The first kappa shape index (κ1) is 16.9. The molecule has 0 radical (unpaired) electrons. The molecule has 2 aromatic heterocycles. The number of hydrogen-bond acceptors (Lipinski definition) is 4. The van der Waals surface area contributed by atoms with E-state index in [1.54, 1.807) is 6.33 Å². The molecule has 2 aromatic carbocycles. The van der Waals surface area contributed by atoms with E-state index in [-0.39, 0.29) is 17.1 Å². The first-order chi connectivity index (χ1) is 10.8. The first-order valence-electron chi connectivity index (χ1n) is 7.13. The van der Waals surface area contributed by atoms with Gasteiger partial charge < -0.3 is 10.3 Å². The van der Waals surface area contributed by atoms with Crippen molar-refractivity contribution in [3.8, 4) is 0 Å². The Hall–Kier alpha value is -2.43. The number of imidazole rings is 1. The van der Waals surface area contributed by atoms with E-state index in [2.05, 4.69) is 27.1 Å². The molecule has 0 saturated heterocycles.